The van der Waals surface area contributed by atoms with E-state index >= 15 is 0 Å². The minimum absolute atomic E-state index is 0.151. The third-order valence-electron chi connectivity index (χ3n) is 3.71. The molecule has 0 saturated heterocycles. The molecular weight excluding hydrogens is 388 g/mol. The fraction of sp³-hybridized carbons (Fsp3) is 0.118. The molecule has 0 aliphatic rings. The highest BCUT2D eigenvalue weighted by Crippen LogP contribution is 2.38. The minimum atomic E-state index is -4.81. The number of alkyl halides is 3. The maximum absolute atomic E-state index is 12.9. The van der Waals surface area contributed by atoms with E-state index in [9.17, 15) is 32.5 Å². The summed E-state index contributed by atoms with van der Waals surface area (Å²) in [4.78, 5) is 22.5. The number of rotatable bonds is 4. The number of benzene rings is 2. The zero-order valence-corrected chi connectivity index (χ0v) is 14.2. The Labute approximate surface area is 153 Å². The van der Waals surface area contributed by atoms with Crippen molar-refractivity contribution in [3.63, 3.8) is 0 Å². The maximum atomic E-state index is 12.9. The molecule has 3 aromatic rings. The summed E-state index contributed by atoms with van der Waals surface area (Å²) in [6, 6.07) is 7.66. The Balaban J connectivity index is 2.04. The third kappa shape index (κ3) is 4.05. The molecule has 0 amide bonds. The summed E-state index contributed by atoms with van der Waals surface area (Å²) < 4.78 is 51.6. The van der Waals surface area contributed by atoms with Crippen LogP contribution in [-0.2, 0) is 12.7 Å². The average Bonchev–Trinajstić information content (AvgIpc) is 2.59. The molecule has 0 spiro atoms. The number of anilines is 1. The molecule has 10 heteroatoms. The van der Waals surface area contributed by atoms with Crippen molar-refractivity contribution >= 4 is 32.1 Å². The molecule has 0 unspecified atom stereocenters. The molecule has 1 N–H and O–H groups in total. The van der Waals surface area contributed by atoms with Gasteiger partial charge < -0.3 is 5.32 Å². The van der Waals surface area contributed by atoms with Crippen molar-refractivity contribution in [3.8, 4) is 0 Å². The predicted octanol–water partition coefficient (Wildman–Crippen LogP) is 4.94. The van der Waals surface area contributed by atoms with E-state index in [1.165, 1.54) is 24.3 Å². The lowest BCUT2D eigenvalue weighted by Gasteiger charge is -2.10. The molecule has 2 aromatic carbocycles. The van der Waals surface area contributed by atoms with Crippen LogP contribution in [0.1, 0.15) is 11.1 Å². The van der Waals surface area contributed by atoms with Crippen LogP contribution in [0.2, 0.25) is 0 Å². The first-order valence-electron chi connectivity index (χ1n) is 7.47. The average molecular weight is 398 g/mol. The van der Waals surface area contributed by atoms with Gasteiger partial charge in [0.2, 0.25) is 0 Å². The standard InChI is InChI=1S/C17H10F4N2O3S/c18-11-3-1-9(2-4-11)8-22-15-7-14(24)12-5-10(17(19,20)21)6-13(23(25)26)16(12)27-15/h1-7,22H,8H2. The summed E-state index contributed by atoms with van der Waals surface area (Å²) in [5.74, 6) is -0.412. The lowest BCUT2D eigenvalue weighted by molar-refractivity contribution is -0.383. The van der Waals surface area contributed by atoms with Gasteiger partial charge in [0.15, 0.2) is 5.43 Å². The highest BCUT2D eigenvalue weighted by Gasteiger charge is 2.34. The molecule has 0 aliphatic carbocycles. The number of non-ortho nitro benzene ring substituents is 1. The molecule has 0 bridgehead atoms. The quantitative estimate of drug-likeness (QED) is 0.384. The van der Waals surface area contributed by atoms with Gasteiger partial charge in [0, 0.05) is 24.1 Å². The van der Waals surface area contributed by atoms with E-state index in [1.807, 2.05) is 0 Å². The monoisotopic (exact) mass is 398 g/mol. The van der Waals surface area contributed by atoms with E-state index < -0.39 is 33.6 Å². The molecule has 1 heterocycles. The molecule has 1 aromatic heterocycles. The van der Waals surface area contributed by atoms with Crippen molar-refractivity contribution in [1.29, 1.82) is 0 Å². The molecule has 0 radical (unpaired) electrons. The number of nitrogens with one attached hydrogen (secondary N) is 1. The van der Waals surface area contributed by atoms with Crippen LogP contribution >= 0.6 is 11.3 Å². The first kappa shape index (κ1) is 18.8. The number of hydrogen-bond donors (Lipinski definition) is 1. The topological polar surface area (TPSA) is 72.2 Å². The second-order valence-corrected chi connectivity index (χ2v) is 6.63. The van der Waals surface area contributed by atoms with Gasteiger partial charge in [0.25, 0.3) is 5.69 Å². The molecule has 0 fully saturated rings. The van der Waals surface area contributed by atoms with Gasteiger partial charge >= 0.3 is 6.18 Å². The highest BCUT2D eigenvalue weighted by atomic mass is 32.1. The maximum Gasteiger partial charge on any atom is 0.416 e. The Hall–Kier alpha value is -3.01. The van der Waals surface area contributed by atoms with E-state index in [2.05, 4.69) is 5.32 Å². The lowest BCUT2D eigenvalue weighted by atomic mass is 10.1. The number of nitrogens with zero attached hydrogens (tertiary/aromatic N) is 1. The Morgan fingerprint density at radius 1 is 1.11 bits per heavy atom. The fourth-order valence-electron chi connectivity index (χ4n) is 2.42. The summed E-state index contributed by atoms with van der Waals surface area (Å²) in [6.07, 6.45) is -4.81. The van der Waals surface area contributed by atoms with Crippen molar-refractivity contribution in [2.24, 2.45) is 0 Å². The van der Waals surface area contributed by atoms with Gasteiger partial charge in [-0.2, -0.15) is 13.2 Å². The van der Waals surface area contributed by atoms with E-state index in [-0.39, 0.29) is 21.6 Å². The summed E-state index contributed by atoms with van der Waals surface area (Å²) in [6.45, 7) is 0.205. The van der Waals surface area contributed by atoms with Crippen LogP contribution in [0, 0.1) is 15.9 Å². The first-order valence-corrected chi connectivity index (χ1v) is 8.28. The zero-order valence-electron chi connectivity index (χ0n) is 13.3. The minimum Gasteiger partial charge on any atom is -0.373 e. The van der Waals surface area contributed by atoms with Gasteiger partial charge in [-0.25, -0.2) is 4.39 Å². The number of nitro benzene ring substituents is 1. The SMILES string of the molecule is O=c1cc(NCc2ccc(F)cc2)sc2c([N+](=O)[O-])cc(C(F)(F)F)cc12. The van der Waals surface area contributed by atoms with E-state index in [0.717, 1.165) is 17.4 Å². The summed E-state index contributed by atoms with van der Waals surface area (Å²) in [5, 5.41) is 14.0. The van der Waals surface area contributed by atoms with Crippen LogP contribution in [0.5, 0.6) is 0 Å². The predicted molar refractivity (Wildman–Crippen MR) is 93.5 cm³/mol. The van der Waals surface area contributed by atoms with E-state index in [4.69, 9.17) is 0 Å². The summed E-state index contributed by atoms with van der Waals surface area (Å²) in [5.41, 5.74) is -2.11. The van der Waals surface area contributed by atoms with Crippen LogP contribution in [-0.4, -0.2) is 4.92 Å². The third-order valence-corrected chi connectivity index (χ3v) is 4.83. The molecule has 0 aliphatic heterocycles. The van der Waals surface area contributed by atoms with Gasteiger partial charge in [-0.3, -0.25) is 14.9 Å². The van der Waals surface area contributed by atoms with Crippen molar-refractivity contribution in [1.82, 2.24) is 0 Å². The van der Waals surface area contributed by atoms with Crippen LogP contribution in [0.3, 0.4) is 0 Å². The summed E-state index contributed by atoms with van der Waals surface area (Å²) >= 11 is 0.804. The van der Waals surface area contributed by atoms with E-state index in [1.54, 1.807) is 0 Å². The van der Waals surface area contributed by atoms with Gasteiger partial charge in [-0.05, 0) is 23.8 Å². The molecule has 0 atom stereocenters. The largest absolute Gasteiger partial charge is 0.416 e. The number of nitro groups is 1. The Morgan fingerprint density at radius 3 is 2.37 bits per heavy atom. The molecule has 27 heavy (non-hydrogen) atoms. The Bertz CT molecular complexity index is 1080. The normalized spacial score (nSPS) is 11.6. The lowest BCUT2D eigenvalue weighted by Crippen LogP contribution is -2.09. The second-order valence-electron chi connectivity index (χ2n) is 5.58. The highest BCUT2D eigenvalue weighted by molar-refractivity contribution is 7.22. The zero-order chi connectivity index (χ0) is 19.8. The first-order chi connectivity index (χ1) is 12.6. The van der Waals surface area contributed by atoms with E-state index in [0.29, 0.717) is 17.7 Å². The van der Waals surface area contributed by atoms with Crippen molar-refractivity contribution in [2.75, 3.05) is 5.32 Å². The Morgan fingerprint density at radius 2 is 1.78 bits per heavy atom. The van der Waals surface area contributed by atoms with Crippen LogP contribution in [0.4, 0.5) is 28.3 Å². The molecule has 140 valence electrons. The Kier molecular flexibility index (Phi) is 4.83. The van der Waals surface area contributed by atoms with Gasteiger partial charge in [-0.15, -0.1) is 11.3 Å². The summed E-state index contributed by atoms with van der Waals surface area (Å²) in [7, 11) is 0. The fourth-order valence-corrected chi connectivity index (χ4v) is 3.46. The van der Waals surface area contributed by atoms with Crippen LogP contribution in [0.25, 0.3) is 10.1 Å². The smallest absolute Gasteiger partial charge is 0.373 e. The van der Waals surface area contributed by atoms with Crippen LogP contribution in [0.15, 0.2) is 47.3 Å². The van der Waals surface area contributed by atoms with Crippen LogP contribution < -0.4 is 10.7 Å². The molecule has 0 saturated carbocycles. The molecule has 3 rings (SSSR count). The van der Waals surface area contributed by atoms with Gasteiger partial charge in [-0.1, -0.05) is 12.1 Å². The number of fused-ring (bicyclic) bond motifs is 1. The number of halogens is 4. The number of hydrogen-bond acceptors (Lipinski definition) is 5. The van der Waals surface area contributed by atoms with Crippen molar-refractivity contribution in [2.45, 2.75) is 12.7 Å². The second kappa shape index (κ2) is 6.95. The van der Waals surface area contributed by atoms with Crippen molar-refractivity contribution in [3.05, 3.63) is 79.7 Å². The molecular formula is C17H10F4N2O3S. The van der Waals surface area contributed by atoms with Crippen molar-refractivity contribution < 1.29 is 22.5 Å². The van der Waals surface area contributed by atoms with Gasteiger partial charge in [0.05, 0.1) is 15.5 Å². The molecule has 5 nitrogen and oxygen atoms in total. The van der Waals surface area contributed by atoms with Gasteiger partial charge in [0.1, 0.15) is 10.5 Å².